The van der Waals surface area contributed by atoms with Crippen LogP contribution in [0, 0.1) is 0 Å². The molecule has 0 saturated carbocycles. The van der Waals surface area contributed by atoms with Crippen LogP contribution in [0.2, 0.25) is 0 Å². The zero-order valence-corrected chi connectivity index (χ0v) is 15.3. The van der Waals surface area contributed by atoms with E-state index in [9.17, 15) is 4.79 Å². The SMILES string of the molecule is O=C(C[NH+](Cc1cccs1)C[C@@H]1CCCO1)Nc1ccc2c(c1)OCO2. The third kappa shape index (κ3) is 4.35. The highest BCUT2D eigenvalue weighted by atomic mass is 32.1. The summed E-state index contributed by atoms with van der Waals surface area (Å²) in [4.78, 5) is 15.1. The molecule has 2 aromatic rings. The standard InChI is InChI=1S/C19H22N2O4S/c22-19(20-14-5-6-17-18(9-14)25-13-24-17)12-21(10-15-3-1-7-23-15)11-16-4-2-8-26-16/h2,4-6,8-9,15H,1,3,7,10-13H2,(H,20,22)/p+1/t15-/m0/s1. The number of nitrogens with one attached hydrogen (secondary N) is 2. The van der Waals surface area contributed by atoms with Crippen molar-refractivity contribution in [2.24, 2.45) is 0 Å². The lowest BCUT2D eigenvalue weighted by molar-refractivity contribution is -0.908. The summed E-state index contributed by atoms with van der Waals surface area (Å²) in [5.41, 5.74) is 0.729. The van der Waals surface area contributed by atoms with Gasteiger partial charge in [0.1, 0.15) is 19.2 Å². The maximum Gasteiger partial charge on any atom is 0.279 e. The van der Waals surface area contributed by atoms with E-state index in [2.05, 4.69) is 22.8 Å². The fraction of sp³-hybridized carbons (Fsp3) is 0.421. The minimum atomic E-state index is -0.00609. The molecule has 2 atom stereocenters. The van der Waals surface area contributed by atoms with Gasteiger partial charge in [-0.2, -0.15) is 0 Å². The molecule has 3 heterocycles. The molecule has 6 nitrogen and oxygen atoms in total. The second-order valence-electron chi connectivity index (χ2n) is 6.64. The number of rotatable bonds is 7. The molecule has 2 aliphatic heterocycles. The summed E-state index contributed by atoms with van der Waals surface area (Å²) < 4.78 is 16.4. The number of hydrogen-bond donors (Lipinski definition) is 2. The topological polar surface area (TPSA) is 61.2 Å². The van der Waals surface area contributed by atoms with Crippen LogP contribution in [0.1, 0.15) is 17.7 Å². The first-order valence-electron chi connectivity index (χ1n) is 8.93. The van der Waals surface area contributed by atoms with Crippen molar-refractivity contribution in [1.29, 1.82) is 0 Å². The van der Waals surface area contributed by atoms with Gasteiger partial charge in [-0.15, -0.1) is 11.3 Å². The van der Waals surface area contributed by atoms with Gasteiger partial charge in [0.2, 0.25) is 6.79 Å². The van der Waals surface area contributed by atoms with E-state index in [1.165, 1.54) is 9.78 Å². The minimum Gasteiger partial charge on any atom is -0.454 e. The molecule has 7 heteroatoms. The Morgan fingerprint density at radius 2 is 2.19 bits per heavy atom. The highest BCUT2D eigenvalue weighted by Crippen LogP contribution is 2.34. The number of quaternary nitrogens is 1. The van der Waals surface area contributed by atoms with Crippen molar-refractivity contribution < 1.29 is 23.9 Å². The number of fused-ring (bicyclic) bond motifs is 1. The Morgan fingerprint density at radius 3 is 3.00 bits per heavy atom. The molecule has 4 rings (SSSR count). The fourth-order valence-electron chi connectivity index (χ4n) is 3.40. The molecule has 0 aliphatic carbocycles. The summed E-state index contributed by atoms with van der Waals surface area (Å²) in [6, 6.07) is 9.64. The molecule has 1 unspecified atom stereocenters. The first kappa shape index (κ1) is 17.3. The third-order valence-electron chi connectivity index (χ3n) is 4.61. The number of carbonyl (C=O) groups is 1. The van der Waals surface area contributed by atoms with Crippen LogP contribution in [-0.4, -0.2) is 38.5 Å². The smallest absolute Gasteiger partial charge is 0.279 e. The number of benzene rings is 1. The number of carbonyl (C=O) groups excluding carboxylic acids is 1. The summed E-state index contributed by atoms with van der Waals surface area (Å²) in [5, 5.41) is 5.05. The van der Waals surface area contributed by atoms with E-state index in [-0.39, 0.29) is 18.8 Å². The van der Waals surface area contributed by atoms with Crippen molar-refractivity contribution in [2.45, 2.75) is 25.5 Å². The Labute approximate surface area is 156 Å². The normalized spacial score (nSPS) is 19.5. The monoisotopic (exact) mass is 375 g/mol. The number of anilines is 1. The molecular formula is C19H23N2O4S+. The largest absolute Gasteiger partial charge is 0.454 e. The van der Waals surface area contributed by atoms with Gasteiger partial charge in [-0.3, -0.25) is 4.79 Å². The predicted molar refractivity (Wildman–Crippen MR) is 98.9 cm³/mol. The molecule has 26 heavy (non-hydrogen) atoms. The minimum absolute atomic E-state index is 0.00609. The highest BCUT2D eigenvalue weighted by Gasteiger charge is 2.24. The van der Waals surface area contributed by atoms with Gasteiger partial charge in [0, 0.05) is 18.4 Å². The second kappa shape index (κ2) is 8.07. The average Bonchev–Trinajstić information content (AvgIpc) is 3.36. The lowest BCUT2D eigenvalue weighted by Crippen LogP contribution is -3.12. The second-order valence-corrected chi connectivity index (χ2v) is 7.67. The van der Waals surface area contributed by atoms with E-state index >= 15 is 0 Å². The molecule has 1 aromatic heterocycles. The third-order valence-corrected chi connectivity index (χ3v) is 5.49. The van der Waals surface area contributed by atoms with Crippen molar-refractivity contribution in [1.82, 2.24) is 0 Å². The van der Waals surface area contributed by atoms with Crippen molar-refractivity contribution in [2.75, 3.05) is 31.8 Å². The van der Waals surface area contributed by atoms with Crippen LogP contribution in [0.4, 0.5) is 5.69 Å². The Morgan fingerprint density at radius 1 is 1.27 bits per heavy atom. The molecule has 138 valence electrons. The summed E-state index contributed by atoms with van der Waals surface area (Å²) >= 11 is 1.73. The molecule has 1 saturated heterocycles. The zero-order chi connectivity index (χ0) is 17.8. The Kier molecular flexibility index (Phi) is 5.38. The summed E-state index contributed by atoms with van der Waals surface area (Å²) in [6.07, 6.45) is 2.45. The van der Waals surface area contributed by atoms with E-state index < -0.39 is 0 Å². The van der Waals surface area contributed by atoms with Crippen molar-refractivity contribution in [3.63, 3.8) is 0 Å². The van der Waals surface area contributed by atoms with Crippen molar-refractivity contribution >= 4 is 22.9 Å². The van der Waals surface area contributed by atoms with Gasteiger partial charge in [0.25, 0.3) is 5.91 Å². The Hall–Kier alpha value is -2.09. The fourth-order valence-corrected chi connectivity index (χ4v) is 4.18. The summed E-state index contributed by atoms with van der Waals surface area (Å²) in [7, 11) is 0. The Bertz CT molecular complexity index is 744. The number of ether oxygens (including phenoxy) is 3. The maximum absolute atomic E-state index is 12.6. The van der Waals surface area contributed by atoms with Gasteiger partial charge in [-0.25, -0.2) is 0 Å². The molecule has 0 spiro atoms. The molecule has 1 fully saturated rings. The zero-order valence-electron chi connectivity index (χ0n) is 14.5. The van der Waals surface area contributed by atoms with E-state index in [1.54, 1.807) is 17.4 Å². The first-order valence-corrected chi connectivity index (χ1v) is 9.81. The van der Waals surface area contributed by atoms with E-state index in [1.807, 2.05) is 12.1 Å². The lowest BCUT2D eigenvalue weighted by atomic mass is 10.2. The van der Waals surface area contributed by atoms with Gasteiger partial charge in [-0.05, 0) is 36.4 Å². The first-order chi connectivity index (χ1) is 12.8. The van der Waals surface area contributed by atoms with Crippen LogP contribution >= 0.6 is 11.3 Å². The lowest BCUT2D eigenvalue weighted by Gasteiger charge is -2.21. The number of amides is 1. The predicted octanol–water partition coefficient (Wildman–Crippen LogP) is 1.68. The van der Waals surface area contributed by atoms with Gasteiger partial charge < -0.3 is 24.4 Å². The van der Waals surface area contributed by atoms with Crippen LogP contribution in [0.3, 0.4) is 0 Å². The van der Waals surface area contributed by atoms with E-state index in [4.69, 9.17) is 14.2 Å². The average molecular weight is 375 g/mol. The molecule has 2 N–H and O–H groups in total. The highest BCUT2D eigenvalue weighted by molar-refractivity contribution is 7.09. The van der Waals surface area contributed by atoms with Gasteiger partial charge in [0.05, 0.1) is 4.88 Å². The summed E-state index contributed by atoms with van der Waals surface area (Å²) in [6.45, 7) is 3.16. The quantitative estimate of drug-likeness (QED) is 0.773. The van der Waals surface area contributed by atoms with Gasteiger partial charge in [-0.1, -0.05) is 6.07 Å². The molecule has 2 aliphatic rings. The number of hydrogen-bond acceptors (Lipinski definition) is 5. The molecule has 0 bridgehead atoms. The van der Waals surface area contributed by atoms with Gasteiger partial charge in [0.15, 0.2) is 18.0 Å². The van der Waals surface area contributed by atoms with Crippen LogP contribution in [0.25, 0.3) is 0 Å². The molecular weight excluding hydrogens is 352 g/mol. The van der Waals surface area contributed by atoms with Crippen LogP contribution in [0.15, 0.2) is 35.7 Å². The van der Waals surface area contributed by atoms with Crippen molar-refractivity contribution in [3.05, 3.63) is 40.6 Å². The van der Waals surface area contributed by atoms with Crippen LogP contribution < -0.4 is 19.7 Å². The number of thiophene rings is 1. The summed E-state index contributed by atoms with van der Waals surface area (Å²) in [5.74, 6) is 1.38. The molecule has 1 aromatic carbocycles. The van der Waals surface area contributed by atoms with E-state index in [0.29, 0.717) is 18.0 Å². The van der Waals surface area contributed by atoms with Gasteiger partial charge >= 0.3 is 0 Å². The van der Waals surface area contributed by atoms with E-state index in [0.717, 1.165) is 38.2 Å². The van der Waals surface area contributed by atoms with Crippen LogP contribution in [-0.2, 0) is 16.1 Å². The van der Waals surface area contributed by atoms with Crippen LogP contribution in [0.5, 0.6) is 11.5 Å². The molecule has 0 radical (unpaired) electrons. The Balaban J connectivity index is 1.38. The van der Waals surface area contributed by atoms with Crippen molar-refractivity contribution in [3.8, 4) is 11.5 Å². The maximum atomic E-state index is 12.6. The molecule has 1 amide bonds.